The van der Waals surface area contributed by atoms with E-state index < -0.39 is 6.10 Å². The van der Waals surface area contributed by atoms with Crippen LogP contribution in [-0.2, 0) is 0 Å². The van der Waals surface area contributed by atoms with Crippen molar-refractivity contribution in [1.82, 2.24) is 0 Å². The number of hydrogen-bond donors (Lipinski definition) is 1. The van der Waals surface area contributed by atoms with Crippen molar-refractivity contribution >= 4 is 0 Å². The molecule has 2 unspecified atom stereocenters. The van der Waals surface area contributed by atoms with E-state index in [1.807, 2.05) is 6.92 Å². The zero-order chi connectivity index (χ0) is 14.3. The van der Waals surface area contributed by atoms with Crippen molar-refractivity contribution in [2.45, 2.75) is 52.6 Å². The number of hydrogen-bond acceptors (Lipinski definition) is 1. The van der Waals surface area contributed by atoms with E-state index in [4.69, 9.17) is 0 Å². The summed E-state index contributed by atoms with van der Waals surface area (Å²) in [6.45, 7) is 6.10. The molecule has 19 heavy (non-hydrogen) atoms. The zero-order valence-corrected chi connectivity index (χ0v) is 12.0. The molecule has 0 fully saturated rings. The van der Waals surface area contributed by atoms with Crippen LogP contribution in [0.2, 0.25) is 0 Å². The maximum atomic E-state index is 13.1. The fourth-order valence-electron chi connectivity index (χ4n) is 2.05. The third kappa shape index (κ3) is 5.04. The molecule has 2 heteroatoms. The third-order valence-electron chi connectivity index (χ3n) is 3.45. The molecule has 0 aliphatic carbocycles. The monoisotopic (exact) mass is 262 g/mol. The van der Waals surface area contributed by atoms with Gasteiger partial charge in [-0.05, 0) is 43.4 Å². The lowest BCUT2D eigenvalue weighted by Gasteiger charge is -2.16. The standard InChI is InChI=1S/C17H23FO/c1-4-6-7-14(5-2)17(19)11-9-15-12-16(18)10-8-13(15)3/h8,10,12,14,17,19H,4-7H2,1-3H3. The van der Waals surface area contributed by atoms with Gasteiger partial charge in [0.2, 0.25) is 0 Å². The van der Waals surface area contributed by atoms with Crippen LogP contribution in [0.1, 0.15) is 50.7 Å². The predicted molar refractivity (Wildman–Crippen MR) is 77.3 cm³/mol. The fraction of sp³-hybridized carbons (Fsp3) is 0.529. The van der Waals surface area contributed by atoms with Gasteiger partial charge in [0.1, 0.15) is 11.9 Å². The van der Waals surface area contributed by atoms with E-state index in [1.54, 1.807) is 6.07 Å². The van der Waals surface area contributed by atoms with Gasteiger partial charge in [-0.2, -0.15) is 0 Å². The van der Waals surface area contributed by atoms with E-state index in [-0.39, 0.29) is 11.7 Å². The molecular weight excluding hydrogens is 239 g/mol. The maximum absolute atomic E-state index is 13.1. The number of halogens is 1. The average Bonchev–Trinajstić information content (AvgIpc) is 2.40. The van der Waals surface area contributed by atoms with E-state index in [0.29, 0.717) is 5.56 Å². The second-order valence-corrected chi connectivity index (χ2v) is 4.98. The Morgan fingerprint density at radius 2 is 2.05 bits per heavy atom. The Morgan fingerprint density at radius 3 is 2.68 bits per heavy atom. The van der Waals surface area contributed by atoms with E-state index >= 15 is 0 Å². The van der Waals surface area contributed by atoms with Crippen molar-refractivity contribution in [3.63, 3.8) is 0 Å². The Morgan fingerprint density at radius 1 is 1.32 bits per heavy atom. The molecule has 0 saturated heterocycles. The van der Waals surface area contributed by atoms with E-state index in [1.165, 1.54) is 12.1 Å². The third-order valence-corrected chi connectivity index (χ3v) is 3.45. The van der Waals surface area contributed by atoms with Crippen molar-refractivity contribution in [3.05, 3.63) is 35.1 Å². The van der Waals surface area contributed by atoms with Gasteiger partial charge < -0.3 is 5.11 Å². The van der Waals surface area contributed by atoms with Gasteiger partial charge in [0, 0.05) is 5.56 Å². The van der Waals surface area contributed by atoms with Crippen LogP contribution in [-0.4, -0.2) is 11.2 Å². The summed E-state index contributed by atoms with van der Waals surface area (Å²) in [4.78, 5) is 0. The SMILES string of the molecule is CCCCC(CC)C(O)C#Cc1cc(F)ccc1C. The normalized spacial score (nSPS) is 13.5. The molecule has 0 aliphatic heterocycles. The molecule has 0 bridgehead atoms. The van der Waals surface area contributed by atoms with Crippen molar-refractivity contribution in [2.24, 2.45) is 5.92 Å². The lowest BCUT2D eigenvalue weighted by Crippen LogP contribution is -2.17. The van der Waals surface area contributed by atoms with Gasteiger partial charge in [0.25, 0.3) is 0 Å². The highest BCUT2D eigenvalue weighted by Gasteiger charge is 2.14. The molecule has 1 nitrogen and oxygen atoms in total. The number of aliphatic hydroxyl groups excluding tert-OH is 1. The minimum absolute atomic E-state index is 0.210. The first-order valence-electron chi connectivity index (χ1n) is 7.04. The Labute approximate surface area is 115 Å². The minimum atomic E-state index is -0.626. The van der Waals surface area contributed by atoms with Crippen molar-refractivity contribution in [2.75, 3.05) is 0 Å². The maximum Gasteiger partial charge on any atom is 0.124 e. The number of aliphatic hydroxyl groups is 1. The van der Waals surface area contributed by atoms with Crippen LogP contribution in [0.3, 0.4) is 0 Å². The van der Waals surface area contributed by atoms with Gasteiger partial charge in [-0.15, -0.1) is 0 Å². The Balaban J connectivity index is 2.77. The summed E-state index contributed by atoms with van der Waals surface area (Å²) >= 11 is 0. The number of unbranched alkanes of at least 4 members (excludes halogenated alkanes) is 1. The number of benzene rings is 1. The second kappa shape index (κ2) is 7.96. The molecule has 1 N–H and O–H groups in total. The summed E-state index contributed by atoms with van der Waals surface area (Å²) < 4.78 is 13.1. The molecule has 0 heterocycles. The molecular formula is C17H23FO. The van der Waals surface area contributed by atoms with Crippen molar-refractivity contribution in [1.29, 1.82) is 0 Å². The van der Waals surface area contributed by atoms with Crippen LogP contribution < -0.4 is 0 Å². The van der Waals surface area contributed by atoms with Gasteiger partial charge in [-0.1, -0.05) is 44.6 Å². The number of rotatable bonds is 5. The summed E-state index contributed by atoms with van der Waals surface area (Å²) in [6, 6.07) is 4.55. The van der Waals surface area contributed by atoms with Gasteiger partial charge in [0.05, 0.1) is 0 Å². The first-order valence-corrected chi connectivity index (χ1v) is 7.04. The van der Waals surface area contributed by atoms with E-state index in [9.17, 15) is 9.50 Å². The predicted octanol–water partition coefficient (Wildman–Crippen LogP) is 4.06. The van der Waals surface area contributed by atoms with Crippen LogP contribution >= 0.6 is 0 Å². The highest BCUT2D eigenvalue weighted by molar-refractivity contribution is 5.41. The van der Waals surface area contributed by atoms with E-state index in [2.05, 4.69) is 25.7 Å². The Kier molecular flexibility index (Phi) is 6.59. The van der Waals surface area contributed by atoms with Gasteiger partial charge in [0.15, 0.2) is 0 Å². The zero-order valence-electron chi connectivity index (χ0n) is 12.0. The van der Waals surface area contributed by atoms with Crippen LogP contribution in [0.5, 0.6) is 0 Å². The molecule has 0 spiro atoms. The lowest BCUT2D eigenvalue weighted by atomic mass is 9.93. The van der Waals surface area contributed by atoms with Crippen LogP contribution in [0.25, 0.3) is 0 Å². The first kappa shape index (κ1) is 15.7. The molecule has 104 valence electrons. The molecule has 2 atom stereocenters. The summed E-state index contributed by atoms with van der Waals surface area (Å²) in [7, 11) is 0. The molecule has 0 aromatic heterocycles. The topological polar surface area (TPSA) is 20.2 Å². The molecule has 1 aromatic carbocycles. The van der Waals surface area contributed by atoms with E-state index in [0.717, 1.165) is 31.2 Å². The summed E-state index contributed by atoms with van der Waals surface area (Å²) in [5.41, 5.74) is 1.59. The molecule has 0 radical (unpaired) electrons. The van der Waals surface area contributed by atoms with Crippen molar-refractivity contribution < 1.29 is 9.50 Å². The molecule has 1 aromatic rings. The highest BCUT2D eigenvalue weighted by Crippen LogP contribution is 2.17. The molecule has 0 amide bonds. The van der Waals surface area contributed by atoms with Gasteiger partial charge in [-0.3, -0.25) is 0 Å². The average molecular weight is 262 g/mol. The highest BCUT2D eigenvalue weighted by atomic mass is 19.1. The van der Waals surface area contributed by atoms with Crippen molar-refractivity contribution in [3.8, 4) is 11.8 Å². The van der Waals surface area contributed by atoms with Crippen LogP contribution in [0.4, 0.5) is 4.39 Å². The second-order valence-electron chi connectivity index (χ2n) is 4.98. The Bertz CT molecular complexity index is 456. The molecule has 1 rings (SSSR count). The number of aryl methyl sites for hydroxylation is 1. The van der Waals surface area contributed by atoms with Gasteiger partial charge >= 0.3 is 0 Å². The first-order chi connectivity index (χ1) is 9.08. The smallest absolute Gasteiger partial charge is 0.124 e. The Hall–Kier alpha value is -1.33. The van der Waals surface area contributed by atoms with Gasteiger partial charge in [-0.25, -0.2) is 4.39 Å². The lowest BCUT2D eigenvalue weighted by molar-refractivity contribution is 0.150. The molecule has 0 aliphatic rings. The summed E-state index contributed by atoms with van der Waals surface area (Å²) in [5, 5.41) is 10.1. The molecule has 0 saturated carbocycles. The largest absolute Gasteiger partial charge is 0.380 e. The summed E-state index contributed by atoms with van der Waals surface area (Å²) in [6.07, 6.45) is 3.51. The quantitative estimate of drug-likeness (QED) is 0.793. The minimum Gasteiger partial charge on any atom is -0.380 e. The fourth-order valence-corrected chi connectivity index (χ4v) is 2.05. The summed E-state index contributed by atoms with van der Waals surface area (Å²) in [5.74, 6) is 5.69. The van der Waals surface area contributed by atoms with Crippen LogP contribution in [0.15, 0.2) is 18.2 Å². The van der Waals surface area contributed by atoms with Crippen LogP contribution in [0, 0.1) is 30.5 Å².